The molecule has 0 aromatic heterocycles. The lowest BCUT2D eigenvalue weighted by molar-refractivity contribution is -0.122. The molecule has 2 N–H and O–H groups in total. The summed E-state index contributed by atoms with van der Waals surface area (Å²) in [5.41, 5.74) is 1.57. The van der Waals surface area contributed by atoms with Crippen LogP contribution in [0.4, 0.5) is 0 Å². The number of benzene rings is 1. The standard InChI is InChI=1S/C19H29NO3.CH2O2/c1-22-18-8-4-9-19(18)10-5-11-20(15-19)14-16-6-2-3-7-17(16)23-13-12-21;2-1-3/h2-3,6-7,18,21H,4-5,8-15H2,1H3;1H,(H,2,3)/t18-,19-;/m1./s1. The highest BCUT2D eigenvalue weighted by molar-refractivity contribution is 5.33. The van der Waals surface area contributed by atoms with Gasteiger partial charge in [0.05, 0.1) is 12.7 Å². The van der Waals surface area contributed by atoms with Gasteiger partial charge in [-0.3, -0.25) is 9.69 Å². The minimum Gasteiger partial charge on any atom is -0.491 e. The first-order chi connectivity index (χ1) is 12.7. The van der Waals surface area contributed by atoms with E-state index in [1.807, 2.05) is 19.2 Å². The molecule has 1 saturated carbocycles. The maximum atomic E-state index is 8.99. The second-order valence-electron chi connectivity index (χ2n) is 7.08. The number of aliphatic hydroxyl groups is 1. The van der Waals surface area contributed by atoms with Crippen LogP contribution >= 0.6 is 0 Å². The summed E-state index contributed by atoms with van der Waals surface area (Å²) in [7, 11) is 1.87. The van der Waals surface area contributed by atoms with E-state index in [1.165, 1.54) is 37.7 Å². The van der Waals surface area contributed by atoms with Crippen molar-refractivity contribution in [3.8, 4) is 5.75 Å². The van der Waals surface area contributed by atoms with E-state index >= 15 is 0 Å². The summed E-state index contributed by atoms with van der Waals surface area (Å²) in [6, 6.07) is 8.19. The SMILES string of the molecule is CO[C@@H]1CCC[C@]12CCCN(Cc1ccccc1OCCO)C2.O=CO. The molecule has 1 saturated heterocycles. The zero-order chi connectivity index (χ0) is 18.8. The maximum absolute atomic E-state index is 8.99. The van der Waals surface area contributed by atoms with Gasteiger partial charge in [-0.05, 0) is 38.3 Å². The predicted molar refractivity (Wildman–Crippen MR) is 99.3 cm³/mol. The number of hydrogen-bond donors (Lipinski definition) is 2. The molecule has 0 radical (unpaired) electrons. The van der Waals surface area contributed by atoms with E-state index in [2.05, 4.69) is 17.0 Å². The van der Waals surface area contributed by atoms with Crippen LogP contribution in [0.1, 0.15) is 37.7 Å². The van der Waals surface area contributed by atoms with Gasteiger partial charge in [0, 0.05) is 31.2 Å². The van der Waals surface area contributed by atoms with Crippen molar-refractivity contribution >= 4 is 6.47 Å². The summed E-state index contributed by atoms with van der Waals surface area (Å²) in [6.07, 6.45) is 6.77. The maximum Gasteiger partial charge on any atom is 0.290 e. The van der Waals surface area contributed by atoms with Crippen molar-refractivity contribution in [1.82, 2.24) is 4.90 Å². The van der Waals surface area contributed by atoms with Crippen LogP contribution in [-0.2, 0) is 16.1 Å². The summed E-state index contributed by atoms with van der Waals surface area (Å²) in [6.45, 7) is 3.34. The Morgan fingerprint density at radius 3 is 2.77 bits per heavy atom. The largest absolute Gasteiger partial charge is 0.491 e. The van der Waals surface area contributed by atoms with Crippen LogP contribution in [0.3, 0.4) is 0 Å². The lowest BCUT2D eigenvalue weighted by Crippen LogP contribution is -2.47. The van der Waals surface area contributed by atoms with Gasteiger partial charge >= 0.3 is 0 Å². The molecule has 1 aromatic rings. The summed E-state index contributed by atoms with van der Waals surface area (Å²) in [4.78, 5) is 10.9. The van der Waals surface area contributed by atoms with Gasteiger partial charge in [0.15, 0.2) is 0 Å². The molecular weight excluding hydrogens is 334 g/mol. The third kappa shape index (κ3) is 5.19. The van der Waals surface area contributed by atoms with E-state index < -0.39 is 0 Å². The van der Waals surface area contributed by atoms with Crippen molar-refractivity contribution in [3.05, 3.63) is 29.8 Å². The zero-order valence-corrected chi connectivity index (χ0v) is 15.6. The van der Waals surface area contributed by atoms with Gasteiger partial charge < -0.3 is 19.7 Å². The van der Waals surface area contributed by atoms with Crippen LogP contribution in [0.2, 0.25) is 0 Å². The molecule has 146 valence electrons. The number of rotatable bonds is 6. The minimum absolute atomic E-state index is 0.0523. The highest BCUT2D eigenvalue weighted by Crippen LogP contribution is 2.46. The number of ether oxygens (including phenoxy) is 2. The molecule has 26 heavy (non-hydrogen) atoms. The number of aliphatic hydroxyl groups excluding tert-OH is 1. The molecule has 3 rings (SSSR count). The van der Waals surface area contributed by atoms with Gasteiger partial charge in [-0.1, -0.05) is 24.6 Å². The van der Waals surface area contributed by atoms with Crippen molar-refractivity contribution in [2.45, 2.75) is 44.8 Å². The Morgan fingerprint density at radius 1 is 1.31 bits per heavy atom. The average molecular weight is 365 g/mol. The molecule has 2 atom stereocenters. The average Bonchev–Trinajstić information content (AvgIpc) is 3.03. The quantitative estimate of drug-likeness (QED) is 0.754. The van der Waals surface area contributed by atoms with Crippen LogP contribution in [0.15, 0.2) is 24.3 Å². The third-order valence-electron chi connectivity index (χ3n) is 5.51. The molecule has 6 nitrogen and oxygen atoms in total. The van der Waals surface area contributed by atoms with Crippen LogP contribution < -0.4 is 4.74 Å². The number of carbonyl (C=O) groups is 1. The molecule has 2 fully saturated rings. The molecule has 0 bridgehead atoms. The number of likely N-dealkylation sites (tertiary alicyclic amines) is 1. The number of methoxy groups -OCH3 is 1. The van der Waals surface area contributed by atoms with Crippen LogP contribution in [0.5, 0.6) is 5.75 Å². The van der Waals surface area contributed by atoms with E-state index in [-0.39, 0.29) is 13.1 Å². The van der Waals surface area contributed by atoms with Crippen molar-refractivity contribution in [1.29, 1.82) is 0 Å². The van der Waals surface area contributed by atoms with Crippen LogP contribution in [0, 0.1) is 5.41 Å². The summed E-state index contributed by atoms with van der Waals surface area (Å²) >= 11 is 0. The highest BCUT2D eigenvalue weighted by Gasteiger charge is 2.45. The summed E-state index contributed by atoms with van der Waals surface area (Å²) < 4.78 is 11.5. The number of hydrogen-bond acceptors (Lipinski definition) is 5. The first kappa shape index (κ1) is 20.7. The van der Waals surface area contributed by atoms with Crippen LogP contribution in [-0.4, -0.2) is 61.1 Å². The van der Waals surface area contributed by atoms with Crippen molar-refractivity contribution in [2.75, 3.05) is 33.4 Å². The normalized spacial score (nSPS) is 25.5. The molecule has 6 heteroatoms. The molecule has 0 unspecified atom stereocenters. The molecule has 1 heterocycles. The van der Waals surface area contributed by atoms with E-state index in [0.29, 0.717) is 18.1 Å². The Labute approximate surface area is 155 Å². The van der Waals surface area contributed by atoms with Gasteiger partial charge in [0.25, 0.3) is 6.47 Å². The van der Waals surface area contributed by atoms with Crippen molar-refractivity contribution < 1.29 is 24.5 Å². The fourth-order valence-corrected chi connectivity index (χ4v) is 4.51. The molecule has 2 aliphatic rings. The van der Waals surface area contributed by atoms with Gasteiger partial charge in [-0.25, -0.2) is 0 Å². The van der Waals surface area contributed by atoms with Gasteiger partial charge in [0.1, 0.15) is 12.4 Å². The second kappa shape index (κ2) is 10.5. The summed E-state index contributed by atoms with van der Waals surface area (Å²) in [5.74, 6) is 0.899. The van der Waals surface area contributed by atoms with Crippen LogP contribution in [0.25, 0.3) is 0 Å². The zero-order valence-electron chi connectivity index (χ0n) is 15.6. The fourth-order valence-electron chi connectivity index (χ4n) is 4.51. The number of nitrogens with zero attached hydrogens (tertiary/aromatic N) is 1. The minimum atomic E-state index is -0.250. The third-order valence-corrected chi connectivity index (χ3v) is 5.51. The first-order valence-corrected chi connectivity index (χ1v) is 9.33. The molecule has 1 aromatic carbocycles. The molecule has 1 aliphatic carbocycles. The van der Waals surface area contributed by atoms with E-state index in [9.17, 15) is 0 Å². The van der Waals surface area contributed by atoms with Gasteiger partial charge in [0.2, 0.25) is 0 Å². The Balaban J connectivity index is 0.000000758. The predicted octanol–water partition coefficient (Wildman–Crippen LogP) is 2.54. The summed E-state index contributed by atoms with van der Waals surface area (Å²) in [5, 5.41) is 15.9. The Kier molecular flexibility index (Phi) is 8.35. The highest BCUT2D eigenvalue weighted by atomic mass is 16.5. The second-order valence-corrected chi connectivity index (χ2v) is 7.08. The van der Waals surface area contributed by atoms with Crippen molar-refractivity contribution in [2.24, 2.45) is 5.41 Å². The topological polar surface area (TPSA) is 79.2 Å². The number of piperidine rings is 1. The number of para-hydroxylation sites is 1. The first-order valence-electron chi connectivity index (χ1n) is 9.33. The Hall–Kier alpha value is -1.63. The lowest BCUT2D eigenvalue weighted by Gasteiger charge is -2.43. The number of carboxylic acid groups (broad SMARTS) is 1. The lowest BCUT2D eigenvalue weighted by atomic mass is 9.76. The van der Waals surface area contributed by atoms with E-state index in [0.717, 1.165) is 25.4 Å². The monoisotopic (exact) mass is 365 g/mol. The molecular formula is C20H31NO5. The fraction of sp³-hybridized carbons (Fsp3) is 0.650. The smallest absolute Gasteiger partial charge is 0.290 e. The Bertz CT molecular complexity index is 553. The molecule has 1 aliphatic heterocycles. The van der Waals surface area contributed by atoms with Crippen molar-refractivity contribution in [3.63, 3.8) is 0 Å². The molecule has 1 spiro atoms. The van der Waals surface area contributed by atoms with E-state index in [4.69, 9.17) is 24.5 Å². The van der Waals surface area contributed by atoms with Gasteiger partial charge in [-0.15, -0.1) is 0 Å². The molecule has 0 amide bonds. The van der Waals surface area contributed by atoms with E-state index in [1.54, 1.807) is 0 Å². The van der Waals surface area contributed by atoms with Gasteiger partial charge in [-0.2, -0.15) is 0 Å². The Morgan fingerprint density at radius 2 is 2.04 bits per heavy atom.